The molecule has 0 saturated heterocycles. The normalized spacial score (nSPS) is 29.7. The minimum Gasteiger partial charge on any atom is -0.375 e. The van der Waals surface area contributed by atoms with E-state index in [2.05, 4.69) is 23.5 Å². The molecule has 2 aliphatic carbocycles. The predicted octanol–water partition coefficient (Wildman–Crippen LogP) is 4.37. The zero-order valence-corrected chi connectivity index (χ0v) is 12.0. The second-order valence-electron chi connectivity index (χ2n) is 6.77. The van der Waals surface area contributed by atoms with Crippen molar-refractivity contribution in [2.24, 2.45) is 0 Å². The summed E-state index contributed by atoms with van der Waals surface area (Å²) in [6, 6.07) is 7.01. The van der Waals surface area contributed by atoms with E-state index in [-0.39, 0.29) is 6.04 Å². The van der Waals surface area contributed by atoms with Gasteiger partial charge in [-0.2, -0.15) is 0 Å². The average Bonchev–Trinajstić information content (AvgIpc) is 2.88. The molecule has 2 heteroatoms. The number of Topliss-reactive ketones (excluding diaryl/α,β-unsaturated/α-hetero) is 1. The van der Waals surface area contributed by atoms with E-state index in [0.717, 1.165) is 18.8 Å². The van der Waals surface area contributed by atoms with Crippen LogP contribution in [0.4, 0.5) is 5.69 Å². The minimum absolute atomic E-state index is 0.0698. The van der Waals surface area contributed by atoms with Gasteiger partial charge >= 0.3 is 0 Å². The van der Waals surface area contributed by atoms with Crippen molar-refractivity contribution in [2.75, 3.05) is 5.32 Å². The summed E-state index contributed by atoms with van der Waals surface area (Å²) in [5, 5.41) is 3.47. The Morgan fingerprint density at radius 1 is 1.00 bits per heavy atom. The van der Waals surface area contributed by atoms with Gasteiger partial charge in [-0.15, -0.1) is 0 Å². The third-order valence-electron chi connectivity index (χ3n) is 5.55. The number of fused-ring (bicyclic) bond motifs is 3. The summed E-state index contributed by atoms with van der Waals surface area (Å²) in [5.74, 6) is 1.61. The van der Waals surface area contributed by atoms with Crippen LogP contribution in [0.5, 0.6) is 0 Å². The SMILES string of the molecule is O=C1CCC[C@@H]2c3cc(C4CCCCC4)ccc3N[C@@H]12. The van der Waals surface area contributed by atoms with Crippen LogP contribution in [0.3, 0.4) is 0 Å². The van der Waals surface area contributed by atoms with Crippen molar-refractivity contribution in [3.63, 3.8) is 0 Å². The van der Waals surface area contributed by atoms with Gasteiger partial charge in [-0.25, -0.2) is 0 Å². The second-order valence-corrected chi connectivity index (χ2v) is 6.77. The lowest BCUT2D eigenvalue weighted by molar-refractivity contribution is -0.121. The Hall–Kier alpha value is -1.31. The monoisotopic (exact) mass is 269 g/mol. The van der Waals surface area contributed by atoms with Crippen molar-refractivity contribution < 1.29 is 4.79 Å². The molecule has 4 rings (SSSR count). The van der Waals surface area contributed by atoms with Crippen LogP contribution in [0, 0.1) is 0 Å². The van der Waals surface area contributed by atoms with Crippen LogP contribution in [-0.4, -0.2) is 11.8 Å². The molecular formula is C18H23NO. The number of hydrogen-bond donors (Lipinski definition) is 1. The van der Waals surface area contributed by atoms with Gasteiger partial charge in [0.25, 0.3) is 0 Å². The molecule has 2 nitrogen and oxygen atoms in total. The first-order valence-electron chi connectivity index (χ1n) is 8.26. The highest BCUT2D eigenvalue weighted by Crippen LogP contribution is 2.44. The van der Waals surface area contributed by atoms with Gasteiger partial charge in [0.15, 0.2) is 5.78 Å². The molecule has 0 radical (unpaired) electrons. The number of carbonyl (C=O) groups is 1. The maximum atomic E-state index is 12.1. The number of benzene rings is 1. The quantitative estimate of drug-likeness (QED) is 0.820. The van der Waals surface area contributed by atoms with Crippen LogP contribution in [0.1, 0.15) is 74.3 Å². The molecule has 2 fully saturated rings. The fraction of sp³-hybridized carbons (Fsp3) is 0.611. The lowest BCUT2D eigenvalue weighted by Crippen LogP contribution is -2.33. The van der Waals surface area contributed by atoms with Crippen molar-refractivity contribution in [3.8, 4) is 0 Å². The van der Waals surface area contributed by atoms with Gasteiger partial charge in [0.05, 0.1) is 6.04 Å². The van der Waals surface area contributed by atoms with Crippen molar-refractivity contribution in [1.82, 2.24) is 0 Å². The lowest BCUT2D eigenvalue weighted by atomic mass is 9.79. The van der Waals surface area contributed by atoms with Crippen LogP contribution in [-0.2, 0) is 4.79 Å². The Balaban J connectivity index is 1.65. The Morgan fingerprint density at radius 2 is 1.85 bits per heavy atom. The third kappa shape index (κ3) is 1.97. The van der Waals surface area contributed by atoms with Gasteiger partial charge in [-0.3, -0.25) is 4.79 Å². The van der Waals surface area contributed by atoms with Crippen LogP contribution in [0.2, 0.25) is 0 Å². The Labute approximate surface area is 121 Å². The maximum absolute atomic E-state index is 12.1. The molecule has 1 aliphatic heterocycles. The molecule has 0 spiro atoms. The summed E-state index contributed by atoms with van der Waals surface area (Å²) < 4.78 is 0. The molecule has 1 aromatic carbocycles. The Morgan fingerprint density at radius 3 is 2.70 bits per heavy atom. The lowest BCUT2D eigenvalue weighted by Gasteiger charge is -2.25. The molecule has 0 aromatic heterocycles. The first-order chi connectivity index (χ1) is 9.83. The molecular weight excluding hydrogens is 246 g/mol. The van der Waals surface area contributed by atoms with E-state index in [1.807, 2.05) is 0 Å². The van der Waals surface area contributed by atoms with E-state index < -0.39 is 0 Å². The first-order valence-corrected chi connectivity index (χ1v) is 8.26. The topological polar surface area (TPSA) is 29.1 Å². The van der Waals surface area contributed by atoms with E-state index in [9.17, 15) is 4.79 Å². The van der Waals surface area contributed by atoms with Gasteiger partial charge in [0.2, 0.25) is 0 Å². The second kappa shape index (κ2) is 4.91. The molecule has 2 atom stereocenters. The average molecular weight is 269 g/mol. The molecule has 0 amide bonds. The minimum atomic E-state index is 0.0698. The summed E-state index contributed by atoms with van der Waals surface area (Å²) in [6.45, 7) is 0. The molecule has 3 aliphatic rings. The highest BCUT2D eigenvalue weighted by atomic mass is 16.1. The summed E-state index contributed by atoms with van der Waals surface area (Å²) in [6.07, 6.45) is 9.85. The van der Waals surface area contributed by atoms with Gasteiger partial charge < -0.3 is 5.32 Å². The molecule has 1 heterocycles. The van der Waals surface area contributed by atoms with Gasteiger partial charge in [-0.1, -0.05) is 31.4 Å². The van der Waals surface area contributed by atoms with E-state index in [0.29, 0.717) is 11.7 Å². The Kier molecular flexibility index (Phi) is 3.05. The maximum Gasteiger partial charge on any atom is 0.155 e. The smallest absolute Gasteiger partial charge is 0.155 e. The van der Waals surface area contributed by atoms with E-state index in [1.165, 1.54) is 55.3 Å². The fourth-order valence-corrected chi connectivity index (χ4v) is 4.44. The summed E-state index contributed by atoms with van der Waals surface area (Å²) >= 11 is 0. The summed E-state index contributed by atoms with van der Waals surface area (Å²) in [5.41, 5.74) is 4.16. The number of nitrogens with one attached hydrogen (secondary N) is 1. The van der Waals surface area contributed by atoms with Crippen molar-refractivity contribution >= 4 is 11.5 Å². The molecule has 20 heavy (non-hydrogen) atoms. The highest BCUT2D eigenvalue weighted by molar-refractivity contribution is 5.91. The van der Waals surface area contributed by atoms with Gasteiger partial charge in [-0.05, 0) is 48.8 Å². The van der Waals surface area contributed by atoms with Crippen molar-refractivity contribution in [1.29, 1.82) is 0 Å². The molecule has 1 N–H and O–H groups in total. The third-order valence-corrected chi connectivity index (χ3v) is 5.55. The predicted molar refractivity (Wildman–Crippen MR) is 81.3 cm³/mol. The number of rotatable bonds is 1. The molecule has 2 saturated carbocycles. The van der Waals surface area contributed by atoms with Crippen molar-refractivity contribution in [2.45, 2.75) is 69.2 Å². The van der Waals surface area contributed by atoms with E-state index >= 15 is 0 Å². The van der Waals surface area contributed by atoms with Crippen LogP contribution >= 0.6 is 0 Å². The van der Waals surface area contributed by atoms with Gasteiger partial charge in [0, 0.05) is 18.0 Å². The Bertz CT molecular complexity index is 530. The zero-order chi connectivity index (χ0) is 13.5. The van der Waals surface area contributed by atoms with Gasteiger partial charge in [0.1, 0.15) is 0 Å². The van der Waals surface area contributed by atoms with E-state index in [1.54, 1.807) is 0 Å². The standard InChI is InChI=1S/C18H23NO/c20-17-8-4-7-14-15-11-13(12-5-2-1-3-6-12)9-10-16(15)19-18(14)17/h9-12,14,18-19H,1-8H2/t14-,18-/m1/s1. The highest BCUT2D eigenvalue weighted by Gasteiger charge is 2.39. The van der Waals surface area contributed by atoms with Crippen LogP contribution in [0.15, 0.2) is 18.2 Å². The summed E-state index contributed by atoms with van der Waals surface area (Å²) in [4.78, 5) is 12.1. The van der Waals surface area contributed by atoms with Crippen LogP contribution in [0.25, 0.3) is 0 Å². The molecule has 1 aromatic rings. The molecule has 0 unspecified atom stereocenters. The zero-order valence-electron chi connectivity index (χ0n) is 12.0. The molecule has 0 bridgehead atoms. The fourth-order valence-electron chi connectivity index (χ4n) is 4.44. The number of anilines is 1. The largest absolute Gasteiger partial charge is 0.375 e. The number of carbonyl (C=O) groups excluding carboxylic acids is 1. The molecule has 106 valence electrons. The number of ketones is 1. The first kappa shape index (κ1) is 12.4. The summed E-state index contributed by atoms with van der Waals surface area (Å²) in [7, 11) is 0. The van der Waals surface area contributed by atoms with E-state index in [4.69, 9.17) is 0 Å². The number of hydrogen-bond acceptors (Lipinski definition) is 2. The van der Waals surface area contributed by atoms with Crippen LogP contribution < -0.4 is 5.32 Å². The van der Waals surface area contributed by atoms with Crippen molar-refractivity contribution in [3.05, 3.63) is 29.3 Å².